The number of nitrogens with two attached hydrogens (primary N) is 1. The van der Waals surface area contributed by atoms with Crippen molar-refractivity contribution in [1.29, 1.82) is 0 Å². The molecule has 1 aromatic rings. The monoisotopic (exact) mass is 265 g/mol. The molecule has 106 valence electrons. The van der Waals surface area contributed by atoms with Crippen LogP contribution in [0.2, 0.25) is 0 Å². The van der Waals surface area contributed by atoms with Gasteiger partial charge in [-0.15, -0.1) is 0 Å². The summed E-state index contributed by atoms with van der Waals surface area (Å²) in [4.78, 5) is 6.71. The topological polar surface area (TPSA) is 71.6 Å². The van der Waals surface area contributed by atoms with E-state index in [0.717, 1.165) is 37.3 Å². The minimum Gasteiger partial charge on any atom is -0.394 e. The summed E-state index contributed by atoms with van der Waals surface area (Å²) in [6.07, 6.45) is 4.16. The van der Waals surface area contributed by atoms with Crippen molar-refractivity contribution < 1.29 is 9.84 Å². The molecule has 5 nitrogen and oxygen atoms in total. The van der Waals surface area contributed by atoms with Crippen LogP contribution < -0.4 is 10.6 Å². The van der Waals surface area contributed by atoms with Crippen LogP contribution in [-0.2, 0) is 4.74 Å². The molecule has 0 saturated carbocycles. The van der Waals surface area contributed by atoms with Crippen molar-refractivity contribution in [1.82, 2.24) is 4.98 Å². The predicted molar refractivity (Wildman–Crippen MR) is 75.1 cm³/mol. The van der Waals surface area contributed by atoms with Gasteiger partial charge in [0.05, 0.1) is 36.9 Å². The fourth-order valence-corrected chi connectivity index (χ4v) is 2.35. The van der Waals surface area contributed by atoms with Gasteiger partial charge in [-0.25, -0.2) is 0 Å². The average molecular weight is 265 g/mol. The second-order valence-corrected chi connectivity index (χ2v) is 5.01. The molecule has 0 aliphatic carbocycles. The highest BCUT2D eigenvalue weighted by molar-refractivity contribution is 5.45. The SMILES string of the molecule is C[C@H](N)c1ccc(N2CCC(OCCO)CC2)cn1. The number of hydrogen-bond donors (Lipinski definition) is 2. The van der Waals surface area contributed by atoms with E-state index in [0.29, 0.717) is 6.61 Å². The number of pyridine rings is 1. The van der Waals surface area contributed by atoms with E-state index in [9.17, 15) is 0 Å². The van der Waals surface area contributed by atoms with E-state index >= 15 is 0 Å². The molecular formula is C14H23N3O2. The van der Waals surface area contributed by atoms with Gasteiger partial charge in [-0.2, -0.15) is 0 Å². The Labute approximate surface area is 114 Å². The zero-order valence-corrected chi connectivity index (χ0v) is 11.5. The number of aliphatic hydroxyl groups excluding tert-OH is 1. The maximum Gasteiger partial charge on any atom is 0.0701 e. The van der Waals surface area contributed by atoms with Gasteiger partial charge in [0.2, 0.25) is 0 Å². The van der Waals surface area contributed by atoms with Crippen LogP contribution in [0.3, 0.4) is 0 Å². The molecule has 19 heavy (non-hydrogen) atoms. The molecule has 0 amide bonds. The van der Waals surface area contributed by atoms with E-state index in [1.165, 1.54) is 0 Å². The minimum atomic E-state index is -0.0216. The Balaban J connectivity index is 1.87. The van der Waals surface area contributed by atoms with Crippen LogP contribution >= 0.6 is 0 Å². The van der Waals surface area contributed by atoms with Crippen molar-refractivity contribution in [3.05, 3.63) is 24.0 Å². The van der Waals surface area contributed by atoms with Gasteiger partial charge >= 0.3 is 0 Å². The molecule has 2 rings (SSSR count). The smallest absolute Gasteiger partial charge is 0.0701 e. The number of nitrogens with zero attached hydrogens (tertiary/aromatic N) is 2. The number of ether oxygens (including phenoxy) is 1. The fraction of sp³-hybridized carbons (Fsp3) is 0.643. The van der Waals surface area contributed by atoms with Gasteiger partial charge in [-0.1, -0.05) is 0 Å². The summed E-state index contributed by atoms with van der Waals surface area (Å²) >= 11 is 0. The molecule has 3 N–H and O–H groups in total. The summed E-state index contributed by atoms with van der Waals surface area (Å²) in [6, 6.07) is 4.06. The van der Waals surface area contributed by atoms with Crippen molar-refractivity contribution in [2.75, 3.05) is 31.2 Å². The molecule has 1 atom stereocenters. The Bertz CT molecular complexity index is 373. The molecule has 1 saturated heterocycles. The largest absolute Gasteiger partial charge is 0.394 e. The van der Waals surface area contributed by atoms with Crippen molar-refractivity contribution in [2.45, 2.75) is 31.9 Å². The molecule has 0 radical (unpaired) electrons. The van der Waals surface area contributed by atoms with Gasteiger partial charge in [-0.3, -0.25) is 4.98 Å². The highest BCUT2D eigenvalue weighted by atomic mass is 16.5. The predicted octanol–water partition coefficient (Wildman–Crippen LogP) is 1.08. The Morgan fingerprint density at radius 2 is 2.21 bits per heavy atom. The number of aliphatic hydroxyl groups is 1. The van der Waals surface area contributed by atoms with Crippen LogP contribution in [0.5, 0.6) is 0 Å². The van der Waals surface area contributed by atoms with Crippen LogP contribution in [0.15, 0.2) is 18.3 Å². The van der Waals surface area contributed by atoms with Gasteiger partial charge < -0.3 is 20.5 Å². The van der Waals surface area contributed by atoms with Gasteiger partial charge in [0, 0.05) is 19.1 Å². The van der Waals surface area contributed by atoms with Crippen LogP contribution in [0.4, 0.5) is 5.69 Å². The van der Waals surface area contributed by atoms with Crippen LogP contribution in [0, 0.1) is 0 Å². The molecule has 0 unspecified atom stereocenters. The lowest BCUT2D eigenvalue weighted by molar-refractivity contribution is 0.0159. The number of hydrogen-bond acceptors (Lipinski definition) is 5. The minimum absolute atomic E-state index is 0.0216. The van der Waals surface area contributed by atoms with E-state index in [1.54, 1.807) is 0 Å². The second-order valence-electron chi connectivity index (χ2n) is 5.01. The third-order valence-corrected chi connectivity index (χ3v) is 3.49. The lowest BCUT2D eigenvalue weighted by Crippen LogP contribution is -2.37. The summed E-state index contributed by atoms with van der Waals surface area (Å²) in [5.74, 6) is 0. The van der Waals surface area contributed by atoms with Crippen LogP contribution in [-0.4, -0.2) is 42.5 Å². The Morgan fingerprint density at radius 1 is 1.47 bits per heavy atom. The molecule has 2 heterocycles. The van der Waals surface area contributed by atoms with Gasteiger partial charge in [0.25, 0.3) is 0 Å². The maximum atomic E-state index is 8.74. The van der Waals surface area contributed by atoms with Crippen LogP contribution in [0.25, 0.3) is 0 Å². The number of anilines is 1. The Morgan fingerprint density at radius 3 is 2.74 bits per heavy atom. The van der Waals surface area contributed by atoms with Gasteiger partial charge in [0.1, 0.15) is 0 Å². The van der Waals surface area contributed by atoms with E-state index in [-0.39, 0.29) is 18.8 Å². The molecule has 1 aliphatic rings. The second kappa shape index (κ2) is 6.84. The lowest BCUT2D eigenvalue weighted by Gasteiger charge is -2.33. The standard InChI is InChI=1S/C14H23N3O2/c1-11(15)14-3-2-12(10-16-14)17-6-4-13(5-7-17)19-9-8-18/h2-3,10-11,13,18H,4-9,15H2,1H3/t11-/m0/s1. The van der Waals surface area contributed by atoms with Crippen molar-refractivity contribution in [3.8, 4) is 0 Å². The third-order valence-electron chi connectivity index (χ3n) is 3.49. The first kappa shape index (κ1) is 14.2. The highest BCUT2D eigenvalue weighted by Gasteiger charge is 2.19. The van der Waals surface area contributed by atoms with Gasteiger partial charge in [0.15, 0.2) is 0 Å². The molecule has 0 spiro atoms. The van der Waals surface area contributed by atoms with Crippen molar-refractivity contribution in [2.24, 2.45) is 5.73 Å². The van der Waals surface area contributed by atoms with E-state index in [1.807, 2.05) is 19.2 Å². The molecule has 0 aromatic carbocycles. The molecule has 1 aliphatic heterocycles. The first-order chi connectivity index (χ1) is 9.20. The average Bonchev–Trinajstić information content (AvgIpc) is 2.46. The van der Waals surface area contributed by atoms with Crippen molar-refractivity contribution >= 4 is 5.69 Å². The third kappa shape index (κ3) is 3.89. The number of rotatable bonds is 5. The normalized spacial score (nSPS) is 18.6. The summed E-state index contributed by atoms with van der Waals surface area (Å²) in [6.45, 7) is 4.41. The maximum absolute atomic E-state index is 8.74. The lowest BCUT2D eigenvalue weighted by atomic mass is 10.1. The number of aromatic nitrogens is 1. The first-order valence-corrected chi connectivity index (χ1v) is 6.89. The molecule has 1 aromatic heterocycles. The molecule has 1 fully saturated rings. The van der Waals surface area contributed by atoms with Crippen molar-refractivity contribution in [3.63, 3.8) is 0 Å². The van der Waals surface area contributed by atoms with E-state index < -0.39 is 0 Å². The summed E-state index contributed by atoms with van der Waals surface area (Å²) in [5, 5.41) is 8.74. The zero-order chi connectivity index (χ0) is 13.7. The highest BCUT2D eigenvalue weighted by Crippen LogP contribution is 2.21. The molecular weight excluding hydrogens is 242 g/mol. The Hall–Kier alpha value is -1.17. The number of piperidine rings is 1. The van der Waals surface area contributed by atoms with E-state index in [4.69, 9.17) is 15.6 Å². The Kier molecular flexibility index (Phi) is 5.13. The van der Waals surface area contributed by atoms with Crippen LogP contribution in [0.1, 0.15) is 31.5 Å². The van der Waals surface area contributed by atoms with E-state index in [2.05, 4.69) is 16.0 Å². The quantitative estimate of drug-likeness (QED) is 0.833. The fourth-order valence-electron chi connectivity index (χ4n) is 2.35. The van der Waals surface area contributed by atoms with Gasteiger partial charge in [-0.05, 0) is 31.9 Å². The summed E-state index contributed by atoms with van der Waals surface area (Å²) in [5.41, 5.74) is 7.86. The zero-order valence-electron chi connectivity index (χ0n) is 11.5. The molecule has 5 heteroatoms. The summed E-state index contributed by atoms with van der Waals surface area (Å²) < 4.78 is 5.56. The first-order valence-electron chi connectivity index (χ1n) is 6.89. The molecule has 0 bridgehead atoms. The summed E-state index contributed by atoms with van der Waals surface area (Å²) in [7, 11) is 0.